The summed E-state index contributed by atoms with van der Waals surface area (Å²) in [6.45, 7) is 1.50. The third-order valence-electron chi connectivity index (χ3n) is 6.77. The second-order valence-electron chi connectivity index (χ2n) is 9.03. The summed E-state index contributed by atoms with van der Waals surface area (Å²) in [6, 6.07) is 11.4. The van der Waals surface area contributed by atoms with Crippen LogP contribution in [0.4, 0.5) is 4.39 Å². The van der Waals surface area contributed by atoms with Crippen LogP contribution in [0.2, 0.25) is 5.02 Å². The van der Waals surface area contributed by atoms with Crippen LogP contribution in [-0.4, -0.2) is 52.8 Å². The lowest BCUT2D eigenvalue weighted by atomic mass is 9.81. The number of aliphatic hydroxyl groups is 1. The Hall–Kier alpha value is -3.18. The van der Waals surface area contributed by atoms with Crippen LogP contribution >= 0.6 is 11.6 Å². The van der Waals surface area contributed by atoms with Crippen LogP contribution in [0.5, 0.6) is 5.75 Å². The van der Waals surface area contributed by atoms with Crippen molar-refractivity contribution in [2.75, 3.05) is 26.7 Å². The molecular weight excluding hydrogens is 483 g/mol. The Morgan fingerprint density at radius 3 is 2.89 bits per heavy atom. The molecule has 2 aromatic carbocycles. The number of hydrogen-bond acceptors (Lipinski definition) is 5. The summed E-state index contributed by atoms with van der Waals surface area (Å²) < 4.78 is 18.5. The minimum atomic E-state index is -0.840. The zero-order valence-electron chi connectivity index (χ0n) is 20.0. The maximum absolute atomic E-state index is 13.2. The Balaban J connectivity index is 1.38. The van der Waals surface area contributed by atoms with Gasteiger partial charge in [0.15, 0.2) is 0 Å². The molecule has 36 heavy (non-hydrogen) atoms. The average Bonchev–Trinajstić information content (AvgIpc) is 2.88. The van der Waals surface area contributed by atoms with Crippen molar-refractivity contribution < 1.29 is 24.1 Å². The smallest absolute Gasteiger partial charge is 0.308 e. The molecule has 2 N–H and O–H groups in total. The van der Waals surface area contributed by atoms with E-state index in [1.54, 1.807) is 19.4 Å². The number of carbonyl (C=O) groups is 1. The Kier molecular flexibility index (Phi) is 8.42. The number of benzene rings is 2. The first kappa shape index (κ1) is 25.9. The van der Waals surface area contributed by atoms with E-state index in [2.05, 4.69) is 16.8 Å². The predicted molar refractivity (Wildman–Crippen MR) is 136 cm³/mol. The van der Waals surface area contributed by atoms with Crippen molar-refractivity contribution in [2.24, 2.45) is 11.8 Å². The number of carboxylic acid groups (broad SMARTS) is 1. The molecule has 0 amide bonds. The maximum atomic E-state index is 13.2. The third-order valence-corrected chi connectivity index (χ3v) is 7.08. The summed E-state index contributed by atoms with van der Waals surface area (Å²) >= 11 is 6.02. The van der Waals surface area contributed by atoms with Crippen molar-refractivity contribution in [3.8, 4) is 17.6 Å². The quantitative estimate of drug-likeness (QED) is 0.439. The number of aliphatic carboxylic acids is 1. The fourth-order valence-electron chi connectivity index (χ4n) is 4.77. The molecule has 1 saturated heterocycles. The molecule has 188 valence electrons. The number of aliphatic hydroxyl groups excluding tert-OH is 1. The van der Waals surface area contributed by atoms with Gasteiger partial charge in [-0.3, -0.25) is 14.7 Å². The van der Waals surface area contributed by atoms with Crippen molar-refractivity contribution >= 4 is 28.5 Å². The molecule has 0 saturated carbocycles. The molecule has 1 aliphatic rings. The highest BCUT2D eigenvalue weighted by atomic mass is 35.5. The number of rotatable bonds is 7. The third kappa shape index (κ3) is 6.14. The van der Waals surface area contributed by atoms with Crippen LogP contribution < -0.4 is 4.74 Å². The number of aromatic nitrogens is 1. The van der Waals surface area contributed by atoms with E-state index in [4.69, 9.17) is 16.3 Å². The van der Waals surface area contributed by atoms with Crippen molar-refractivity contribution in [3.05, 3.63) is 70.6 Å². The van der Waals surface area contributed by atoms with Gasteiger partial charge in [-0.25, -0.2) is 4.39 Å². The van der Waals surface area contributed by atoms with Crippen LogP contribution in [0.3, 0.4) is 0 Å². The molecule has 0 bridgehead atoms. The zero-order chi connectivity index (χ0) is 25.7. The molecule has 6 nitrogen and oxygen atoms in total. The van der Waals surface area contributed by atoms with Crippen LogP contribution in [0.1, 0.15) is 36.5 Å². The van der Waals surface area contributed by atoms with Crippen molar-refractivity contribution in [1.82, 2.24) is 9.88 Å². The molecule has 0 spiro atoms. The van der Waals surface area contributed by atoms with Crippen molar-refractivity contribution in [2.45, 2.75) is 25.4 Å². The van der Waals surface area contributed by atoms with Crippen LogP contribution in [0, 0.1) is 29.5 Å². The highest BCUT2D eigenvalue weighted by Gasteiger charge is 2.34. The number of pyridine rings is 1. The van der Waals surface area contributed by atoms with Crippen molar-refractivity contribution in [1.29, 1.82) is 0 Å². The van der Waals surface area contributed by atoms with Crippen LogP contribution in [0.15, 0.2) is 48.7 Å². The van der Waals surface area contributed by atoms with E-state index < -0.39 is 23.8 Å². The summed E-state index contributed by atoms with van der Waals surface area (Å²) in [4.78, 5) is 18.4. The van der Waals surface area contributed by atoms with Crippen LogP contribution in [-0.2, 0) is 4.79 Å². The lowest BCUT2D eigenvalue weighted by molar-refractivity contribution is -0.146. The first-order valence-corrected chi connectivity index (χ1v) is 12.2. The lowest BCUT2D eigenvalue weighted by Gasteiger charge is -2.36. The van der Waals surface area contributed by atoms with E-state index in [0.29, 0.717) is 50.2 Å². The van der Waals surface area contributed by atoms with E-state index in [9.17, 15) is 19.4 Å². The molecule has 1 fully saturated rings. The van der Waals surface area contributed by atoms with Gasteiger partial charge in [-0.05, 0) is 79.8 Å². The Morgan fingerprint density at radius 2 is 2.14 bits per heavy atom. The standard InChI is InChI=1S/C28H28ClFN2O4/c1-36-21-7-8-26-23(16-21)22(10-12-31-26)27(33)9-5-18-11-14-32(17-24(18)28(34)35)13-2-3-19-4-6-20(30)15-25(19)29/h4,6-8,10,12,15-16,18,24,27,33H,5,9,11,13-14,17H2,1H3,(H,34,35)/t18-,24+,27?/m1/s1. The molecule has 1 unspecified atom stereocenters. The van der Waals surface area contributed by atoms with E-state index in [1.807, 2.05) is 23.1 Å². The number of likely N-dealkylation sites (tertiary alicyclic amines) is 1. The van der Waals surface area contributed by atoms with Gasteiger partial charge in [0, 0.05) is 23.7 Å². The fourth-order valence-corrected chi connectivity index (χ4v) is 4.98. The van der Waals surface area contributed by atoms with Gasteiger partial charge in [0.2, 0.25) is 0 Å². The molecule has 4 rings (SSSR count). The number of ether oxygens (including phenoxy) is 1. The average molecular weight is 511 g/mol. The SMILES string of the molecule is COc1ccc2nccc(C(O)CC[C@@H]3CCN(CC#Cc4ccc(F)cc4Cl)C[C@@H]3C(=O)O)c2c1. The lowest BCUT2D eigenvalue weighted by Crippen LogP contribution is -2.44. The number of hydrogen-bond donors (Lipinski definition) is 2. The Labute approximate surface area is 214 Å². The highest BCUT2D eigenvalue weighted by Crippen LogP contribution is 2.33. The minimum Gasteiger partial charge on any atom is -0.497 e. The summed E-state index contributed by atoms with van der Waals surface area (Å²) in [5.74, 6) is 4.80. The number of carboxylic acids is 1. The fraction of sp³-hybridized carbons (Fsp3) is 0.357. The van der Waals surface area contributed by atoms with E-state index in [0.717, 1.165) is 16.5 Å². The monoisotopic (exact) mass is 510 g/mol. The molecule has 1 aromatic heterocycles. The molecule has 0 radical (unpaired) electrons. The highest BCUT2D eigenvalue weighted by molar-refractivity contribution is 6.31. The zero-order valence-corrected chi connectivity index (χ0v) is 20.7. The molecule has 3 aromatic rings. The normalized spacial score (nSPS) is 18.9. The minimum absolute atomic E-state index is 0.0458. The van der Waals surface area contributed by atoms with Gasteiger partial charge in [0.05, 0.1) is 36.2 Å². The Bertz CT molecular complexity index is 1310. The number of nitrogens with zero attached hydrogens (tertiary/aromatic N) is 2. The van der Waals surface area contributed by atoms with Gasteiger partial charge in [0.1, 0.15) is 11.6 Å². The summed E-state index contributed by atoms with van der Waals surface area (Å²) in [5, 5.41) is 21.9. The molecule has 3 atom stereocenters. The number of fused-ring (bicyclic) bond motifs is 1. The molecule has 1 aliphatic heterocycles. The van der Waals surface area contributed by atoms with Gasteiger partial charge >= 0.3 is 5.97 Å². The summed E-state index contributed by atoms with van der Waals surface area (Å²) in [7, 11) is 1.59. The van der Waals surface area contributed by atoms with Gasteiger partial charge in [-0.1, -0.05) is 23.4 Å². The first-order chi connectivity index (χ1) is 17.4. The van der Waals surface area contributed by atoms with Gasteiger partial charge in [-0.15, -0.1) is 0 Å². The maximum Gasteiger partial charge on any atom is 0.308 e. The van der Waals surface area contributed by atoms with Gasteiger partial charge in [-0.2, -0.15) is 0 Å². The van der Waals surface area contributed by atoms with Crippen LogP contribution in [0.25, 0.3) is 10.9 Å². The van der Waals surface area contributed by atoms with Crippen molar-refractivity contribution in [3.63, 3.8) is 0 Å². The molecule has 8 heteroatoms. The van der Waals surface area contributed by atoms with E-state index >= 15 is 0 Å². The number of methoxy groups -OCH3 is 1. The largest absolute Gasteiger partial charge is 0.497 e. The topological polar surface area (TPSA) is 82.9 Å². The Morgan fingerprint density at radius 1 is 1.31 bits per heavy atom. The van der Waals surface area contributed by atoms with Gasteiger partial charge < -0.3 is 14.9 Å². The number of piperidine rings is 1. The summed E-state index contributed by atoms with van der Waals surface area (Å²) in [6.07, 6.45) is 2.69. The van der Waals surface area contributed by atoms with E-state index in [1.165, 1.54) is 18.2 Å². The van der Waals surface area contributed by atoms with Gasteiger partial charge in [0.25, 0.3) is 0 Å². The second-order valence-corrected chi connectivity index (χ2v) is 9.44. The number of halogens is 2. The first-order valence-electron chi connectivity index (χ1n) is 11.9. The molecular formula is C28H28ClFN2O4. The second kappa shape index (κ2) is 11.7. The molecule has 2 heterocycles. The predicted octanol–water partition coefficient (Wildman–Crippen LogP) is 4.92. The molecule has 0 aliphatic carbocycles. The van der Waals surface area contributed by atoms with E-state index in [-0.39, 0.29) is 10.9 Å². The summed E-state index contributed by atoms with van der Waals surface area (Å²) in [5.41, 5.74) is 2.07.